The predicted octanol–water partition coefficient (Wildman–Crippen LogP) is 2.29. The Hall–Kier alpha value is -5.42. The molecule has 1 aromatic carbocycles. The van der Waals surface area contributed by atoms with Gasteiger partial charge in [0.25, 0.3) is 0 Å². The van der Waals surface area contributed by atoms with Crippen LogP contribution in [0, 0.1) is 5.92 Å². The van der Waals surface area contributed by atoms with Gasteiger partial charge < -0.3 is 40.8 Å². The Bertz CT molecular complexity index is 1450. The number of aromatic nitrogens is 2. The number of halogens is 3. The van der Waals surface area contributed by atoms with Crippen molar-refractivity contribution in [2.75, 3.05) is 6.61 Å². The lowest BCUT2D eigenvalue weighted by molar-refractivity contribution is -0.192. The van der Waals surface area contributed by atoms with Crippen LogP contribution in [0.15, 0.2) is 54.9 Å². The Kier molecular flexibility index (Phi) is 18.3. The second-order valence-electron chi connectivity index (χ2n) is 11.1. The number of imidazole rings is 1. The number of alkyl carbamates (subject to hydrolysis) is 1. The third kappa shape index (κ3) is 17.7. The van der Waals surface area contributed by atoms with E-state index in [0.717, 1.165) is 11.6 Å². The van der Waals surface area contributed by atoms with Crippen molar-refractivity contribution in [3.8, 4) is 0 Å². The molecule has 1 heterocycles. The number of aryl methyl sites for hydroxylation is 1. The number of aliphatic carboxylic acids is 1. The number of rotatable bonds is 17. The van der Waals surface area contributed by atoms with Crippen LogP contribution in [-0.4, -0.2) is 81.3 Å². The van der Waals surface area contributed by atoms with Gasteiger partial charge in [-0.1, -0.05) is 50.3 Å². The molecule has 0 saturated heterocycles. The lowest BCUT2D eigenvalue weighted by atomic mass is 10.0. The van der Waals surface area contributed by atoms with Crippen LogP contribution in [0.5, 0.6) is 0 Å². The zero-order chi connectivity index (χ0) is 37.9. The molecule has 1 aromatic heterocycles. The fraction of sp³-hybridized carbons (Fsp3) is 0.469. The highest BCUT2D eigenvalue weighted by atomic mass is 19.4. The van der Waals surface area contributed by atoms with E-state index in [9.17, 15) is 37.1 Å². The second kappa shape index (κ2) is 21.5. The SMILES string of the molecule is CCOC(=O)/C=C/[C@H](CCC(N)=O)NC(=O)[C@H](Cc1nccn1C)NC(=O)[C@H](CC(C)C)NC(=O)OCc1ccccc1.O=C(O)C(F)(F)F. The smallest absolute Gasteiger partial charge is 0.475 e. The molecule has 18 heteroatoms. The average molecular weight is 713 g/mol. The molecule has 0 bridgehead atoms. The van der Waals surface area contributed by atoms with Gasteiger partial charge in [-0.05, 0) is 31.2 Å². The summed E-state index contributed by atoms with van der Waals surface area (Å²) < 4.78 is 43.6. The molecule has 0 aliphatic heterocycles. The van der Waals surface area contributed by atoms with Gasteiger partial charge in [-0.25, -0.2) is 19.4 Å². The fourth-order valence-corrected chi connectivity index (χ4v) is 4.05. The van der Waals surface area contributed by atoms with Gasteiger partial charge in [0, 0.05) is 44.4 Å². The number of nitrogens with one attached hydrogen (secondary N) is 3. The van der Waals surface area contributed by atoms with Crippen LogP contribution in [0.4, 0.5) is 18.0 Å². The summed E-state index contributed by atoms with van der Waals surface area (Å²) in [6.45, 7) is 5.65. The van der Waals surface area contributed by atoms with Gasteiger partial charge in [-0.3, -0.25) is 14.4 Å². The first-order valence-corrected chi connectivity index (χ1v) is 15.4. The van der Waals surface area contributed by atoms with Crippen LogP contribution >= 0.6 is 0 Å². The molecule has 0 unspecified atom stereocenters. The Balaban J connectivity index is 0.00000161. The molecule has 2 aromatic rings. The van der Waals surface area contributed by atoms with E-state index in [1.54, 1.807) is 30.9 Å². The lowest BCUT2D eigenvalue weighted by Gasteiger charge is -2.25. The molecule has 50 heavy (non-hydrogen) atoms. The Morgan fingerprint density at radius 1 is 1.00 bits per heavy atom. The minimum atomic E-state index is -5.08. The standard InChI is InChI=1S/C30H42N6O7.C2HF3O2/c1-5-42-27(38)14-12-22(11-13-25(31)37)33-28(39)24(18-26-32-15-16-36(26)4)34-29(40)23(17-20(2)3)35-30(41)43-19-21-9-7-6-8-10-21;3-2(4,5)1(6)7/h6-10,12,14-16,20,22-24H,5,11,13,17-19H2,1-4H3,(H2,31,37)(H,33,39)(H,34,40)(H,35,41);(H,6,7)/b14-12+;/t22-,23-,24-;/m0./s1. The van der Waals surface area contributed by atoms with Gasteiger partial charge in [-0.2, -0.15) is 13.2 Å². The van der Waals surface area contributed by atoms with Crippen molar-refractivity contribution < 1.29 is 56.5 Å². The van der Waals surface area contributed by atoms with Crippen molar-refractivity contribution in [3.63, 3.8) is 0 Å². The van der Waals surface area contributed by atoms with Crippen molar-refractivity contribution in [1.82, 2.24) is 25.5 Å². The Morgan fingerprint density at radius 3 is 2.14 bits per heavy atom. The van der Waals surface area contributed by atoms with Crippen molar-refractivity contribution in [2.45, 2.75) is 77.4 Å². The molecule has 6 N–H and O–H groups in total. The van der Waals surface area contributed by atoms with Gasteiger partial charge in [0.15, 0.2) is 0 Å². The first-order chi connectivity index (χ1) is 23.4. The molecule has 276 valence electrons. The number of benzene rings is 1. The van der Waals surface area contributed by atoms with E-state index in [1.807, 2.05) is 44.2 Å². The minimum absolute atomic E-state index is 0.0258. The van der Waals surface area contributed by atoms with Crippen molar-refractivity contribution >= 4 is 35.8 Å². The number of ether oxygens (including phenoxy) is 2. The number of alkyl halides is 3. The van der Waals surface area contributed by atoms with E-state index in [-0.39, 0.29) is 44.8 Å². The largest absolute Gasteiger partial charge is 0.490 e. The number of carbonyl (C=O) groups is 6. The molecule has 0 saturated carbocycles. The van der Waals surface area contributed by atoms with Gasteiger partial charge >= 0.3 is 24.2 Å². The van der Waals surface area contributed by atoms with Crippen molar-refractivity contribution in [1.29, 1.82) is 0 Å². The molecule has 0 spiro atoms. The maximum atomic E-state index is 13.5. The molecule has 4 amide bonds. The number of hydrogen-bond acceptors (Lipinski definition) is 9. The minimum Gasteiger partial charge on any atom is -0.475 e. The summed E-state index contributed by atoms with van der Waals surface area (Å²) in [6.07, 6.45) is 0.349. The molecule has 0 radical (unpaired) electrons. The number of nitrogens with zero attached hydrogens (tertiary/aromatic N) is 2. The normalized spacial score (nSPS) is 12.9. The van der Waals surface area contributed by atoms with Crippen molar-refractivity contribution in [2.24, 2.45) is 18.7 Å². The van der Waals surface area contributed by atoms with Gasteiger partial charge in [0.05, 0.1) is 6.61 Å². The summed E-state index contributed by atoms with van der Waals surface area (Å²) >= 11 is 0. The van der Waals surface area contributed by atoms with E-state index in [0.29, 0.717) is 5.82 Å². The topological polar surface area (TPSA) is 221 Å². The third-order valence-corrected chi connectivity index (χ3v) is 6.49. The maximum absolute atomic E-state index is 13.5. The zero-order valence-electron chi connectivity index (χ0n) is 28.1. The van der Waals surface area contributed by atoms with Gasteiger partial charge in [0.2, 0.25) is 17.7 Å². The fourth-order valence-electron chi connectivity index (χ4n) is 4.05. The highest BCUT2D eigenvalue weighted by Gasteiger charge is 2.38. The number of carboxylic acids is 1. The zero-order valence-corrected chi connectivity index (χ0v) is 28.1. The van der Waals surface area contributed by atoms with E-state index in [1.165, 1.54) is 6.08 Å². The number of hydrogen-bond donors (Lipinski definition) is 5. The van der Waals surface area contributed by atoms with Crippen LogP contribution in [0.3, 0.4) is 0 Å². The van der Waals surface area contributed by atoms with Gasteiger partial charge in [0.1, 0.15) is 24.5 Å². The monoisotopic (exact) mass is 712 g/mol. The molecule has 0 aliphatic carbocycles. The molecule has 0 aliphatic rings. The van der Waals surface area contributed by atoms with Crippen LogP contribution in [0.2, 0.25) is 0 Å². The van der Waals surface area contributed by atoms with E-state index < -0.39 is 60.1 Å². The highest BCUT2D eigenvalue weighted by molar-refractivity contribution is 5.91. The van der Waals surface area contributed by atoms with E-state index in [2.05, 4.69) is 20.9 Å². The number of amides is 4. The first kappa shape index (κ1) is 42.6. The van der Waals surface area contributed by atoms with Crippen molar-refractivity contribution in [3.05, 3.63) is 66.3 Å². The number of carbonyl (C=O) groups excluding carboxylic acids is 5. The van der Waals surface area contributed by atoms with Crippen LogP contribution in [-0.2, 0) is 53.5 Å². The van der Waals surface area contributed by atoms with Crippen LogP contribution in [0.1, 0.15) is 51.4 Å². The highest BCUT2D eigenvalue weighted by Crippen LogP contribution is 2.13. The summed E-state index contributed by atoms with van der Waals surface area (Å²) in [5, 5.41) is 15.2. The van der Waals surface area contributed by atoms with Crippen LogP contribution in [0.25, 0.3) is 0 Å². The second-order valence-corrected chi connectivity index (χ2v) is 11.1. The molecule has 3 atom stereocenters. The molecule has 15 nitrogen and oxygen atoms in total. The molecule has 0 fully saturated rings. The van der Waals surface area contributed by atoms with Gasteiger partial charge in [-0.15, -0.1) is 0 Å². The maximum Gasteiger partial charge on any atom is 0.490 e. The quantitative estimate of drug-likeness (QED) is 0.119. The number of esters is 1. The number of carboxylic acid groups (broad SMARTS) is 1. The Labute approximate surface area is 286 Å². The summed E-state index contributed by atoms with van der Waals surface area (Å²) in [5.41, 5.74) is 6.08. The first-order valence-electron chi connectivity index (χ1n) is 15.4. The number of primary amides is 1. The summed E-state index contributed by atoms with van der Waals surface area (Å²) in [6, 6.07) is 6.25. The van der Waals surface area contributed by atoms with E-state index in [4.69, 9.17) is 25.1 Å². The summed E-state index contributed by atoms with van der Waals surface area (Å²) in [4.78, 5) is 76.0. The Morgan fingerprint density at radius 2 is 1.62 bits per heavy atom. The lowest BCUT2D eigenvalue weighted by Crippen LogP contribution is -2.56. The molecule has 2 rings (SSSR count). The predicted molar refractivity (Wildman–Crippen MR) is 172 cm³/mol. The summed E-state index contributed by atoms with van der Waals surface area (Å²) in [7, 11) is 1.75. The average Bonchev–Trinajstić information content (AvgIpc) is 3.44. The number of nitrogens with two attached hydrogens (primary N) is 1. The summed E-state index contributed by atoms with van der Waals surface area (Å²) in [5.74, 6) is -4.58. The molecular formula is C32H43F3N6O9. The van der Waals surface area contributed by atoms with Crippen LogP contribution < -0.4 is 21.7 Å². The third-order valence-electron chi connectivity index (χ3n) is 6.49. The molecular weight excluding hydrogens is 669 g/mol. The van der Waals surface area contributed by atoms with E-state index >= 15 is 0 Å².